The average Bonchev–Trinajstić information content (AvgIpc) is 2.98. The molecule has 8 heteroatoms. The van der Waals surface area contributed by atoms with Gasteiger partial charge in [0.2, 0.25) is 0 Å². The number of nitrogens with zero attached hydrogens (tertiary/aromatic N) is 1. The third-order valence-corrected chi connectivity index (χ3v) is 3.53. The van der Waals surface area contributed by atoms with Gasteiger partial charge in [-0.25, -0.2) is 4.79 Å². The predicted molar refractivity (Wildman–Crippen MR) is 76.9 cm³/mol. The first-order valence-corrected chi connectivity index (χ1v) is 7.33. The summed E-state index contributed by atoms with van der Waals surface area (Å²) in [5, 5.41) is 11.7. The topological polar surface area (TPSA) is 61.8 Å². The third-order valence-electron chi connectivity index (χ3n) is 3.53. The molecule has 5 nitrogen and oxygen atoms in total. The van der Waals surface area contributed by atoms with Crippen LogP contribution in [0.3, 0.4) is 0 Å². The fourth-order valence-corrected chi connectivity index (χ4v) is 2.39. The van der Waals surface area contributed by atoms with Gasteiger partial charge in [0.25, 0.3) is 0 Å². The number of alkyl halides is 3. The number of amides is 2. The molecule has 0 aromatic heterocycles. The number of benzene rings is 1. The van der Waals surface area contributed by atoms with Crippen LogP contribution in [0.4, 0.5) is 18.0 Å². The van der Waals surface area contributed by atoms with Gasteiger partial charge in [-0.2, -0.15) is 13.2 Å². The first kappa shape index (κ1) is 17.4. The van der Waals surface area contributed by atoms with Crippen LogP contribution in [0.5, 0.6) is 5.75 Å². The molecule has 1 heterocycles. The number of hydrogen-bond acceptors (Lipinski definition) is 3. The van der Waals surface area contributed by atoms with Crippen LogP contribution in [0.25, 0.3) is 0 Å². The Kier molecular flexibility index (Phi) is 5.70. The van der Waals surface area contributed by atoms with E-state index in [1.165, 1.54) is 11.0 Å². The minimum atomic E-state index is -4.47. The number of phenols is 1. The Bertz CT molecular complexity index is 531. The molecular formula is C15H19F3N2O3. The van der Waals surface area contributed by atoms with E-state index in [0.29, 0.717) is 12.2 Å². The summed E-state index contributed by atoms with van der Waals surface area (Å²) in [5.74, 6) is -0.00605. The zero-order chi connectivity index (χ0) is 16.9. The molecule has 0 aliphatic carbocycles. The van der Waals surface area contributed by atoms with Crippen molar-refractivity contribution in [2.45, 2.75) is 31.7 Å². The first-order chi connectivity index (χ1) is 10.8. The van der Waals surface area contributed by atoms with Gasteiger partial charge in [-0.1, -0.05) is 18.2 Å². The number of para-hydroxylation sites is 1. The highest BCUT2D eigenvalue weighted by Crippen LogP contribution is 2.20. The summed E-state index contributed by atoms with van der Waals surface area (Å²) < 4.78 is 42.3. The van der Waals surface area contributed by atoms with E-state index in [2.05, 4.69) is 0 Å². The van der Waals surface area contributed by atoms with Crippen molar-refractivity contribution in [1.82, 2.24) is 10.2 Å². The van der Waals surface area contributed by atoms with E-state index in [4.69, 9.17) is 4.74 Å². The molecule has 128 valence electrons. The molecule has 1 saturated heterocycles. The lowest BCUT2D eigenvalue weighted by molar-refractivity contribution is -0.123. The van der Waals surface area contributed by atoms with Crippen LogP contribution >= 0.6 is 0 Å². The molecule has 1 fully saturated rings. The number of hydrogen-bond donors (Lipinski definition) is 2. The number of ether oxygens (including phenoxy) is 1. The number of aromatic hydroxyl groups is 1. The van der Waals surface area contributed by atoms with Gasteiger partial charge >= 0.3 is 12.2 Å². The molecule has 2 N–H and O–H groups in total. The molecule has 0 radical (unpaired) electrons. The Hall–Kier alpha value is -1.96. The molecule has 1 atom stereocenters. The van der Waals surface area contributed by atoms with Gasteiger partial charge in [0, 0.05) is 18.7 Å². The van der Waals surface area contributed by atoms with Gasteiger partial charge in [-0.05, 0) is 18.9 Å². The van der Waals surface area contributed by atoms with E-state index in [9.17, 15) is 23.1 Å². The molecule has 0 bridgehead atoms. The van der Waals surface area contributed by atoms with Crippen molar-refractivity contribution < 1.29 is 27.8 Å². The zero-order valence-corrected chi connectivity index (χ0v) is 12.5. The lowest BCUT2D eigenvalue weighted by atomic mass is 10.1. The number of rotatable bonds is 5. The van der Waals surface area contributed by atoms with Gasteiger partial charge in [0.05, 0.1) is 12.6 Å². The number of halogens is 3. The largest absolute Gasteiger partial charge is 0.508 e. The second kappa shape index (κ2) is 7.54. The van der Waals surface area contributed by atoms with Crippen LogP contribution in [-0.2, 0) is 11.3 Å². The van der Waals surface area contributed by atoms with Gasteiger partial charge in [-0.15, -0.1) is 0 Å². The Morgan fingerprint density at radius 2 is 2.13 bits per heavy atom. The van der Waals surface area contributed by atoms with Crippen LogP contribution in [-0.4, -0.2) is 48.0 Å². The Labute approximate surface area is 132 Å². The lowest BCUT2D eigenvalue weighted by Crippen LogP contribution is -2.46. The zero-order valence-electron chi connectivity index (χ0n) is 12.5. The quantitative estimate of drug-likeness (QED) is 0.871. The number of carbonyl (C=O) groups excluding carboxylic acids is 1. The summed E-state index contributed by atoms with van der Waals surface area (Å²) >= 11 is 0. The maximum atomic E-state index is 12.3. The number of urea groups is 1. The highest BCUT2D eigenvalue weighted by atomic mass is 19.4. The Morgan fingerprint density at radius 3 is 2.74 bits per heavy atom. The minimum absolute atomic E-state index is 0.00605. The van der Waals surface area contributed by atoms with E-state index in [1.807, 2.05) is 5.32 Å². The molecule has 1 aromatic carbocycles. The molecule has 0 spiro atoms. The van der Waals surface area contributed by atoms with Gasteiger partial charge in [-0.3, -0.25) is 0 Å². The maximum absolute atomic E-state index is 12.3. The lowest BCUT2D eigenvalue weighted by Gasteiger charge is -2.26. The Morgan fingerprint density at radius 1 is 1.39 bits per heavy atom. The summed E-state index contributed by atoms with van der Waals surface area (Å²) in [7, 11) is 0. The van der Waals surface area contributed by atoms with Crippen LogP contribution in [0.15, 0.2) is 24.3 Å². The highest BCUT2D eigenvalue weighted by Gasteiger charge is 2.30. The summed E-state index contributed by atoms with van der Waals surface area (Å²) in [4.78, 5) is 13.3. The summed E-state index contributed by atoms with van der Waals surface area (Å²) in [5.41, 5.74) is 0.465. The van der Waals surface area contributed by atoms with Crippen LogP contribution in [0.1, 0.15) is 18.4 Å². The normalized spacial score (nSPS) is 18.0. The number of phenolic OH excluding ortho intramolecular Hbond substituents is 1. The summed E-state index contributed by atoms with van der Waals surface area (Å²) in [6.45, 7) is -0.623. The SMILES string of the molecule is O=C(NCC(F)(F)F)N(Cc1ccccc1O)C[C@@H]1CCCO1. The summed E-state index contributed by atoms with van der Waals surface area (Å²) in [6, 6.07) is 5.57. The molecule has 1 aromatic rings. The Balaban J connectivity index is 2.04. The van der Waals surface area contributed by atoms with Crippen molar-refractivity contribution >= 4 is 6.03 Å². The second-order valence-electron chi connectivity index (χ2n) is 5.42. The molecule has 0 unspecified atom stereocenters. The van der Waals surface area contributed by atoms with Gasteiger partial charge in [0.1, 0.15) is 12.3 Å². The molecule has 23 heavy (non-hydrogen) atoms. The van der Waals surface area contributed by atoms with Crippen molar-refractivity contribution in [3.8, 4) is 5.75 Å². The van der Waals surface area contributed by atoms with Crippen molar-refractivity contribution in [2.75, 3.05) is 19.7 Å². The van der Waals surface area contributed by atoms with Gasteiger partial charge in [0.15, 0.2) is 0 Å². The number of carbonyl (C=O) groups is 1. The smallest absolute Gasteiger partial charge is 0.405 e. The fourth-order valence-electron chi connectivity index (χ4n) is 2.39. The molecule has 2 rings (SSSR count). The van der Waals surface area contributed by atoms with Crippen LogP contribution in [0.2, 0.25) is 0 Å². The predicted octanol–water partition coefficient (Wildman–Crippen LogP) is 2.65. The van der Waals surface area contributed by atoms with E-state index in [1.54, 1.807) is 18.2 Å². The van der Waals surface area contributed by atoms with Crippen LogP contribution in [0, 0.1) is 0 Å². The fraction of sp³-hybridized carbons (Fsp3) is 0.533. The molecule has 0 saturated carbocycles. The first-order valence-electron chi connectivity index (χ1n) is 7.33. The monoisotopic (exact) mass is 332 g/mol. The van der Waals surface area contributed by atoms with E-state index in [0.717, 1.165) is 12.8 Å². The van der Waals surface area contributed by atoms with E-state index >= 15 is 0 Å². The van der Waals surface area contributed by atoms with E-state index < -0.39 is 18.8 Å². The van der Waals surface area contributed by atoms with Gasteiger partial charge < -0.3 is 20.1 Å². The van der Waals surface area contributed by atoms with Crippen molar-refractivity contribution in [2.24, 2.45) is 0 Å². The van der Waals surface area contributed by atoms with Crippen molar-refractivity contribution in [3.63, 3.8) is 0 Å². The minimum Gasteiger partial charge on any atom is -0.508 e. The average molecular weight is 332 g/mol. The van der Waals surface area contributed by atoms with E-state index in [-0.39, 0.29) is 24.9 Å². The second-order valence-corrected chi connectivity index (χ2v) is 5.42. The molecule has 2 amide bonds. The van der Waals surface area contributed by atoms with Crippen molar-refractivity contribution in [3.05, 3.63) is 29.8 Å². The van der Waals surface area contributed by atoms with Crippen LogP contribution < -0.4 is 5.32 Å². The molecule has 1 aliphatic rings. The maximum Gasteiger partial charge on any atom is 0.405 e. The van der Waals surface area contributed by atoms with Crippen molar-refractivity contribution in [1.29, 1.82) is 0 Å². The molecule has 1 aliphatic heterocycles. The summed E-state index contributed by atoms with van der Waals surface area (Å²) in [6.07, 6.45) is -3.05. The number of nitrogens with one attached hydrogen (secondary N) is 1. The third kappa shape index (κ3) is 5.63. The standard InChI is InChI=1S/C15H19F3N2O3/c16-15(17,18)10-19-14(22)20(9-12-5-3-7-23-12)8-11-4-1-2-6-13(11)21/h1-2,4,6,12,21H,3,5,7-10H2,(H,19,22)/t12-/m0/s1. The molecular weight excluding hydrogens is 313 g/mol. The highest BCUT2D eigenvalue weighted by molar-refractivity contribution is 5.74.